The van der Waals surface area contributed by atoms with Gasteiger partial charge in [0.1, 0.15) is 13.2 Å². The molecule has 6 heteroatoms. The Balaban J connectivity index is 4.25. The second-order valence-corrected chi connectivity index (χ2v) is 23.0. The van der Waals surface area contributed by atoms with Crippen molar-refractivity contribution in [3.63, 3.8) is 0 Å². The van der Waals surface area contributed by atoms with E-state index in [1.165, 1.54) is 193 Å². The zero-order valence-corrected chi connectivity index (χ0v) is 53.5. The van der Waals surface area contributed by atoms with Gasteiger partial charge >= 0.3 is 17.9 Å². The van der Waals surface area contributed by atoms with Crippen LogP contribution in [0, 0.1) is 0 Å². The monoisotopic (exact) mass is 1130 g/mol. The Bertz CT molecular complexity index is 1580. The Kier molecular flexibility index (Phi) is 65.7. The van der Waals surface area contributed by atoms with E-state index in [0.717, 1.165) is 109 Å². The van der Waals surface area contributed by atoms with E-state index >= 15 is 0 Å². The summed E-state index contributed by atoms with van der Waals surface area (Å²) in [5.41, 5.74) is 0. The summed E-state index contributed by atoms with van der Waals surface area (Å²) in [6.45, 7) is 6.43. The van der Waals surface area contributed by atoms with Crippen LogP contribution < -0.4 is 0 Å². The van der Waals surface area contributed by atoms with Crippen molar-refractivity contribution >= 4 is 17.9 Å². The number of esters is 3. The van der Waals surface area contributed by atoms with E-state index in [4.69, 9.17) is 14.2 Å². The lowest BCUT2D eigenvalue weighted by atomic mass is 10.0. The molecule has 0 aliphatic carbocycles. The molecule has 0 spiro atoms. The van der Waals surface area contributed by atoms with Crippen molar-refractivity contribution in [3.8, 4) is 0 Å². The molecule has 1 atom stereocenters. The van der Waals surface area contributed by atoms with E-state index in [-0.39, 0.29) is 31.1 Å². The lowest BCUT2D eigenvalue weighted by Gasteiger charge is -2.18. The van der Waals surface area contributed by atoms with Crippen molar-refractivity contribution in [1.29, 1.82) is 0 Å². The lowest BCUT2D eigenvalue weighted by molar-refractivity contribution is -0.167. The summed E-state index contributed by atoms with van der Waals surface area (Å²) in [4.78, 5) is 38.4. The Morgan fingerprint density at radius 3 is 0.778 bits per heavy atom. The molecule has 466 valence electrons. The molecular formula is C75H130O6. The second kappa shape index (κ2) is 68.8. The molecule has 0 N–H and O–H groups in total. The van der Waals surface area contributed by atoms with Crippen molar-refractivity contribution in [2.24, 2.45) is 0 Å². The van der Waals surface area contributed by atoms with Crippen LogP contribution in [0.3, 0.4) is 0 Å². The number of unbranched alkanes of at least 4 members (excludes halogenated alkanes) is 36. The van der Waals surface area contributed by atoms with Gasteiger partial charge in [0.15, 0.2) is 6.10 Å². The summed E-state index contributed by atoms with van der Waals surface area (Å²) in [7, 11) is 0. The van der Waals surface area contributed by atoms with Gasteiger partial charge in [0.2, 0.25) is 0 Å². The first kappa shape index (κ1) is 77.3. The highest BCUT2D eigenvalue weighted by Crippen LogP contribution is 2.17. The smallest absolute Gasteiger partial charge is 0.306 e. The van der Waals surface area contributed by atoms with Crippen LogP contribution in [0.5, 0.6) is 0 Å². The van der Waals surface area contributed by atoms with Crippen molar-refractivity contribution < 1.29 is 28.6 Å². The first-order valence-corrected chi connectivity index (χ1v) is 34.7. The maximum absolute atomic E-state index is 12.9. The minimum Gasteiger partial charge on any atom is -0.462 e. The summed E-state index contributed by atoms with van der Waals surface area (Å²) in [5, 5.41) is 0. The Labute approximate surface area is 502 Å². The molecule has 0 fully saturated rings. The van der Waals surface area contributed by atoms with Crippen LogP contribution in [-0.2, 0) is 28.6 Å². The van der Waals surface area contributed by atoms with Gasteiger partial charge in [-0.2, -0.15) is 0 Å². The van der Waals surface area contributed by atoms with Crippen LogP contribution in [0.2, 0.25) is 0 Å². The zero-order valence-electron chi connectivity index (χ0n) is 53.5. The van der Waals surface area contributed by atoms with E-state index in [1.54, 1.807) is 0 Å². The molecule has 0 saturated carbocycles. The maximum Gasteiger partial charge on any atom is 0.306 e. The molecule has 6 nitrogen and oxygen atoms in total. The van der Waals surface area contributed by atoms with Crippen LogP contribution in [0.1, 0.15) is 342 Å². The summed E-state index contributed by atoms with van der Waals surface area (Å²) in [6.07, 6.45) is 93.0. The summed E-state index contributed by atoms with van der Waals surface area (Å²) in [5.74, 6) is -0.903. The van der Waals surface area contributed by atoms with Crippen molar-refractivity contribution in [3.05, 3.63) is 97.2 Å². The first-order valence-electron chi connectivity index (χ1n) is 34.7. The molecule has 0 saturated heterocycles. The lowest BCUT2D eigenvalue weighted by Crippen LogP contribution is -2.30. The molecule has 1 unspecified atom stereocenters. The van der Waals surface area contributed by atoms with E-state index in [1.807, 2.05) is 0 Å². The number of allylic oxidation sites excluding steroid dienone is 16. The van der Waals surface area contributed by atoms with E-state index in [0.29, 0.717) is 19.3 Å². The highest BCUT2D eigenvalue weighted by atomic mass is 16.6. The fraction of sp³-hybridized carbons (Fsp3) is 0.747. The van der Waals surface area contributed by atoms with Crippen molar-refractivity contribution in [2.75, 3.05) is 13.2 Å². The van der Waals surface area contributed by atoms with Gasteiger partial charge < -0.3 is 14.2 Å². The first-order chi connectivity index (χ1) is 40.0. The molecule has 81 heavy (non-hydrogen) atoms. The highest BCUT2D eigenvalue weighted by molar-refractivity contribution is 5.71. The Morgan fingerprint density at radius 1 is 0.259 bits per heavy atom. The minimum atomic E-state index is -0.791. The number of hydrogen-bond donors (Lipinski definition) is 0. The number of hydrogen-bond acceptors (Lipinski definition) is 6. The van der Waals surface area contributed by atoms with Gasteiger partial charge in [-0.05, 0) is 116 Å². The van der Waals surface area contributed by atoms with Crippen molar-refractivity contribution in [1.82, 2.24) is 0 Å². The SMILES string of the molecule is CC/C=C\C/C=C\C/C=C\C/C=C\CCCCCCCCCCCCCCCCCCC(=O)OCC(COC(=O)CCCCC/C=C\C/C=C\C/C=C\CC)OC(=O)CCCCCCCCCCC/C=C\CCCCCCCCCC. The number of rotatable bonds is 63. The Hall–Kier alpha value is -3.67. The highest BCUT2D eigenvalue weighted by Gasteiger charge is 2.19. The maximum atomic E-state index is 12.9. The van der Waals surface area contributed by atoms with Gasteiger partial charge in [0.05, 0.1) is 0 Å². The third-order valence-corrected chi connectivity index (χ3v) is 15.1. The van der Waals surface area contributed by atoms with E-state index in [9.17, 15) is 14.4 Å². The van der Waals surface area contributed by atoms with Crippen LogP contribution in [0.15, 0.2) is 97.2 Å². The predicted octanol–water partition coefficient (Wildman–Crippen LogP) is 24.0. The third-order valence-electron chi connectivity index (χ3n) is 15.1. The third kappa shape index (κ3) is 67.0. The average molecular weight is 1130 g/mol. The van der Waals surface area contributed by atoms with Gasteiger partial charge in [0, 0.05) is 19.3 Å². The quantitative estimate of drug-likeness (QED) is 0.0261. The van der Waals surface area contributed by atoms with Gasteiger partial charge in [-0.1, -0.05) is 304 Å². The van der Waals surface area contributed by atoms with Crippen LogP contribution >= 0.6 is 0 Å². The minimum absolute atomic E-state index is 0.0851. The number of carbonyl (C=O) groups is 3. The van der Waals surface area contributed by atoms with E-state index in [2.05, 4.69) is 118 Å². The molecule has 0 heterocycles. The summed E-state index contributed by atoms with van der Waals surface area (Å²) >= 11 is 0. The standard InChI is InChI=1S/C75H130O6/c1-4-7-10-13-16-19-22-25-27-29-31-33-34-35-36-37-38-39-40-42-43-45-47-50-53-56-59-62-65-68-74(77)80-71-72(70-79-73(76)67-64-61-58-55-52-49-24-21-18-15-12-9-6-3)81-75(78)69-66-63-60-57-54-51-48-46-44-41-32-30-28-26-23-20-17-14-11-8-5-2/h7,9-10,12,16,18-19,21,25,27,30-33,49,52,72H,4-6,8,11,13-15,17,20,22-24,26,28-29,34-48,50-51,53-71H2,1-3H3/b10-7-,12-9-,19-16-,21-18-,27-25-,32-30-,33-31-,52-49-. The molecule has 0 aromatic carbocycles. The second-order valence-electron chi connectivity index (χ2n) is 23.0. The molecular weight excluding hydrogens is 997 g/mol. The molecule has 0 radical (unpaired) electrons. The zero-order chi connectivity index (χ0) is 58.5. The van der Waals surface area contributed by atoms with Gasteiger partial charge in [-0.25, -0.2) is 0 Å². The molecule has 0 aromatic heterocycles. The summed E-state index contributed by atoms with van der Waals surface area (Å²) < 4.78 is 16.9. The molecule has 0 aliphatic heterocycles. The Morgan fingerprint density at radius 2 is 0.481 bits per heavy atom. The fourth-order valence-electron chi connectivity index (χ4n) is 9.92. The van der Waals surface area contributed by atoms with Crippen molar-refractivity contribution in [2.45, 2.75) is 348 Å². The molecule has 0 aliphatic rings. The van der Waals surface area contributed by atoms with Crippen LogP contribution in [-0.4, -0.2) is 37.2 Å². The number of carbonyl (C=O) groups excluding carboxylic acids is 3. The fourth-order valence-corrected chi connectivity index (χ4v) is 9.92. The molecule has 0 bridgehead atoms. The topological polar surface area (TPSA) is 78.9 Å². The van der Waals surface area contributed by atoms with Gasteiger partial charge in [-0.15, -0.1) is 0 Å². The van der Waals surface area contributed by atoms with Crippen LogP contribution in [0.4, 0.5) is 0 Å². The average Bonchev–Trinajstić information content (AvgIpc) is 3.46. The largest absolute Gasteiger partial charge is 0.462 e. The van der Waals surface area contributed by atoms with Gasteiger partial charge in [-0.3, -0.25) is 14.4 Å². The van der Waals surface area contributed by atoms with Crippen LogP contribution in [0.25, 0.3) is 0 Å². The normalized spacial score (nSPS) is 12.7. The number of ether oxygens (including phenoxy) is 3. The predicted molar refractivity (Wildman–Crippen MR) is 353 cm³/mol. The summed E-state index contributed by atoms with van der Waals surface area (Å²) in [6, 6.07) is 0. The molecule has 0 amide bonds. The van der Waals surface area contributed by atoms with Gasteiger partial charge in [0.25, 0.3) is 0 Å². The molecule has 0 rings (SSSR count). The van der Waals surface area contributed by atoms with E-state index < -0.39 is 6.10 Å². The molecule has 0 aromatic rings.